The first-order chi connectivity index (χ1) is 12.8. The second kappa shape index (κ2) is 9.67. The van der Waals surface area contributed by atoms with Gasteiger partial charge in [-0.1, -0.05) is 45.2 Å². The van der Waals surface area contributed by atoms with Crippen LogP contribution in [0, 0.1) is 5.92 Å². The molecule has 1 amide bonds. The minimum absolute atomic E-state index is 0.157. The largest absolute Gasteiger partial charge is 0.338 e. The summed E-state index contributed by atoms with van der Waals surface area (Å²) in [6.07, 6.45) is 7.42. The number of carbonyl (C=O) groups excluding carboxylic acids is 1. The van der Waals surface area contributed by atoms with E-state index in [2.05, 4.69) is 56.8 Å². The first kappa shape index (κ1) is 21.9. The molecule has 27 heavy (non-hydrogen) atoms. The monoisotopic (exact) mass is 377 g/mol. The van der Waals surface area contributed by atoms with Crippen molar-refractivity contribution in [3.8, 4) is 0 Å². The molecule has 0 spiro atoms. The van der Waals surface area contributed by atoms with Crippen LogP contribution in [0.5, 0.6) is 0 Å². The minimum atomic E-state index is -0.247. The lowest BCUT2D eigenvalue weighted by Crippen LogP contribution is -2.56. The standard InChI is InChI=1S/C21H39N5O/c1-7-9-10-11-18-16-26(23-22-18)19(17(3)8-2)20(27)24-12-14-25(15-13-24)21(4,5)6/h16-17,19H,7-15H2,1-6H3/t17?,19-/m0/s1. The Hall–Kier alpha value is -1.43. The third kappa shape index (κ3) is 5.77. The highest BCUT2D eigenvalue weighted by Crippen LogP contribution is 2.25. The predicted octanol–water partition coefficient (Wildman–Crippen LogP) is 3.54. The molecule has 2 atom stereocenters. The molecule has 0 radical (unpaired) electrons. The fourth-order valence-corrected chi connectivity index (χ4v) is 3.75. The second-order valence-corrected chi connectivity index (χ2v) is 8.96. The number of amides is 1. The van der Waals surface area contributed by atoms with Crippen molar-refractivity contribution >= 4 is 5.91 Å². The molecule has 1 fully saturated rings. The average Bonchev–Trinajstić information content (AvgIpc) is 3.09. The summed E-state index contributed by atoms with van der Waals surface area (Å²) in [5.41, 5.74) is 1.16. The van der Waals surface area contributed by atoms with Crippen LogP contribution in [0.25, 0.3) is 0 Å². The van der Waals surface area contributed by atoms with Crippen LogP contribution in [0.4, 0.5) is 0 Å². The molecule has 0 aromatic carbocycles. The van der Waals surface area contributed by atoms with Gasteiger partial charge in [-0.3, -0.25) is 9.69 Å². The van der Waals surface area contributed by atoms with Gasteiger partial charge in [-0.2, -0.15) is 0 Å². The van der Waals surface area contributed by atoms with Crippen molar-refractivity contribution in [2.45, 2.75) is 85.2 Å². The van der Waals surface area contributed by atoms with E-state index in [-0.39, 0.29) is 23.4 Å². The summed E-state index contributed by atoms with van der Waals surface area (Å²) in [6, 6.07) is -0.247. The zero-order valence-corrected chi connectivity index (χ0v) is 18.2. The van der Waals surface area contributed by atoms with Crippen molar-refractivity contribution in [3.05, 3.63) is 11.9 Å². The average molecular weight is 378 g/mol. The van der Waals surface area contributed by atoms with Gasteiger partial charge in [0.2, 0.25) is 5.91 Å². The number of hydrogen-bond acceptors (Lipinski definition) is 4. The number of carbonyl (C=O) groups is 1. The van der Waals surface area contributed by atoms with Crippen LogP contribution < -0.4 is 0 Å². The maximum atomic E-state index is 13.3. The van der Waals surface area contributed by atoms with Crippen LogP contribution in [-0.2, 0) is 11.2 Å². The van der Waals surface area contributed by atoms with Crippen LogP contribution in [-0.4, -0.2) is 62.4 Å². The van der Waals surface area contributed by atoms with Crippen molar-refractivity contribution < 1.29 is 4.79 Å². The first-order valence-corrected chi connectivity index (χ1v) is 10.7. The summed E-state index contributed by atoms with van der Waals surface area (Å²) in [6.45, 7) is 16.7. The highest BCUT2D eigenvalue weighted by Gasteiger charge is 2.34. The molecule has 154 valence electrons. The normalized spacial score (nSPS) is 18.5. The van der Waals surface area contributed by atoms with Gasteiger partial charge in [0.25, 0.3) is 0 Å². The molecular weight excluding hydrogens is 338 g/mol. The molecule has 1 aliphatic rings. The second-order valence-electron chi connectivity index (χ2n) is 8.96. The Morgan fingerprint density at radius 3 is 2.37 bits per heavy atom. The molecule has 0 saturated carbocycles. The predicted molar refractivity (Wildman–Crippen MR) is 110 cm³/mol. The van der Waals surface area contributed by atoms with Crippen molar-refractivity contribution in [2.24, 2.45) is 5.92 Å². The quantitative estimate of drug-likeness (QED) is 0.650. The van der Waals surface area contributed by atoms with Gasteiger partial charge in [-0.05, 0) is 39.5 Å². The molecular formula is C21H39N5O. The Bertz CT molecular complexity index is 584. The molecule has 0 N–H and O–H groups in total. The fourth-order valence-electron chi connectivity index (χ4n) is 3.75. The lowest BCUT2D eigenvalue weighted by molar-refractivity contribution is -0.139. The van der Waals surface area contributed by atoms with Crippen LogP contribution >= 0.6 is 0 Å². The smallest absolute Gasteiger partial charge is 0.247 e. The molecule has 1 aromatic heterocycles. The summed E-state index contributed by atoms with van der Waals surface area (Å²) < 4.78 is 1.83. The molecule has 2 rings (SSSR count). The van der Waals surface area contributed by atoms with E-state index in [1.165, 1.54) is 12.8 Å². The molecule has 6 nitrogen and oxygen atoms in total. The number of aromatic nitrogens is 3. The molecule has 1 aliphatic heterocycles. The van der Waals surface area contributed by atoms with Crippen molar-refractivity contribution in [2.75, 3.05) is 26.2 Å². The highest BCUT2D eigenvalue weighted by molar-refractivity contribution is 5.80. The van der Waals surface area contributed by atoms with Gasteiger partial charge in [-0.25, -0.2) is 4.68 Å². The summed E-state index contributed by atoms with van der Waals surface area (Å²) in [4.78, 5) is 17.8. The van der Waals surface area contributed by atoms with Crippen LogP contribution in [0.1, 0.15) is 79.0 Å². The van der Waals surface area contributed by atoms with Crippen LogP contribution in [0.15, 0.2) is 6.20 Å². The van der Waals surface area contributed by atoms with Crippen LogP contribution in [0.2, 0.25) is 0 Å². The minimum Gasteiger partial charge on any atom is -0.338 e. The van der Waals surface area contributed by atoms with Gasteiger partial charge in [0, 0.05) is 37.9 Å². The van der Waals surface area contributed by atoms with E-state index in [0.717, 1.165) is 51.1 Å². The number of unbranched alkanes of at least 4 members (excludes halogenated alkanes) is 2. The third-order valence-electron chi connectivity index (χ3n) is 5.86. The zero-order chi connectivity index (χ0) is 20.0. The third-order valence-corrected chi connectivity index (χ3v) is 5.86. The van der Waals surface area contributed by atoms with E-state index in [4.69, 9.17) is 0 Å². The molecule has 1 aromatic rings. The van der Waals surface area contributed by atoms with Gasteiger partial charge in [0.05, 0.1) is 5.69 Å². The lowest BCUT2D eigenvalue weighted by atomic mass is 9.97. The maximum Gasteiger partial charge on any atom is 0.247 e. The number of piperazine rings is 1. The Morgan fingerprint density at radius 1 is 1.15 bits per heavy atom. The van der Waals surface area contributed by atoms with Crippen molar-refractivity contribution in [1.29, 1.82) is 0 Å². The summed E-state index contributed by atoms with van der Waals surface area (Å²) in [5, 5.41) is 8.67. The Kier molecular flexibility index (Phi) is 7.83. The van der Waals surface area contributed by atoms with E-state index in [0.29, 0.717) is 0 Å². The zero-order valence-electron chi connectivity index (χ0n) is 18.2. The number of nitrogens with zero attached hydrogens (tertiary/aromatic N) is 5. The van der Waals surface area contributed by atoms with Crippen molar-refractivity contribution in [3.63, 3.8) is 0 Å². The summed E-state index contributed by atoms with van der Waals surface area (Å²) in [5.74, 6) is 0.436. The van der Waals surface area contributed by atoms with E-state index >= 15 is 0 Å². The van der Waals surface area contributed by atoms with Crippen LogP contribution in [0.3, 0.4) is 0 Å². The molecule has 6 heteroatoms. The van der Waals surface area contributed by atoms with Gasteiger partial charge in [0.15, 0.2) is 0 Å². The molecule has 1 unspecified atom stereocenters. The van der Waals surface area contributed by atoms with E-state index in [1.54, 1.807) is 0 Å². The van der Waals surface area contributed by atoms with Gasteiger partial charge < -0.3 is 4.90 Å². The summed E-state index contributed by atoms with van der Waals surface area (Å²) in [7, 11) is 0. The van der Waals surface area contributed by atoms with E-state index < -0.39 is 0 Å². The molecule has 0 bridgehead atoms. The lowest BCUT2D eigenvalue weighted by Gasteiger charge is -2.43. The van der Waals surface area contributed by atoms with E-state index in [9.17, 15) is 4.79 Å². The Morgan fingerprint density at radius 2 is 1.81 bits per heavy atom. The van der Waals surface area contributed by atoms with E-state index in [1.807, 2.05) is 15.8 Å². The number of hydrogen-bond donors (Lipinski definition) is 0. The van der Waals surface area contributed by atoms with Gasteiger partial charge in [0.1, 0.15) is 6.04 Å². The molecule has 0 aliphatic carbocycles. The number of rotatable bonds is 8. The fraction of sp³-hybridized carbons (Fsp3) is 0.857. The molecule has 1 saturated heterocycles. The first-order valence-electron chi connectivity index (χ1n) is 10.7. The topological polar surface area (TPSA) is 54.3 Å². The molecule has 2 heterocycles. The summed E-state index contributed by atoms with van der Waals surface area (Å²) >= 11 is 0. The van der Waals surface area contributed by atoms with Gasteiger partial charge in [-0.15, -0.1) is 5.10 Å². The maximum absolute atomic E-state index is 13.3. The van der Waals surface area contributed by atoms with Gasteiger partial charge >= 0.3 is 0 Å². The Labute approximate surface area is 165 Å². The number of aryl methyl sites for hydroxylation is 1. The SMILES string of the molecule is CCCCCc1cn([C@H](C(=O)N2CCN(C(C)(C)C)CC2)C(C)CC)nn1. The Balaban J connectivity index is 2.07. The van der Waals surface area contributed by atoms with Crippen molar-refractivity contribution in [1.82, 2.24) is 24.8 Å². The highest BCUT2D eigenvalue weighted by atomic mass is 16.2.